The Morgan fingerprint density at radius 2 is 1.81 bits per heavy atom. The van der Waals surface area contributed by atoms with Crippen molar-refractivity contribution < 1.29 is 14.2 Å². The lowest BCUT2D eigenvalue weighted by Gasteiger charge is -2.32. The highest BCUT2D eigenvalue weighted by Gasteiger charge is 2.51. The molecule has 2 aliphatic heterocycles. The standard InChI is InChI=1S/C14H23N5O2/c1-8(2)7-19-10-11(16-13(19)15-9(3)4)17(5)14(21)18(6)12(10)20/h8-10H,7H2,1-6H3/p+1. The Morgan fingerprint density at radius 1 is 1.19 bits per heavy atom. The number of hydrogen-bond acceptors (Lipinski definition) is 4. The summed E-state index contributed by atoms with van der Waals surface area (Å²) < 4.78 is 1.96. The molecule has 0 radical (unpaired) electrons. The summed E-state index contributed by atoms with van der Waals surface area (Å²) in [7, 11) is 3.17. The lowest BCUT2D eigenvalue weighted by atomic mass is 10.1. The maximum atomic E-state index is 12.5. The molecular weight excluding hydrogens is 270 g/mol. The van der Waals surface area contributed by atoms with Gasteiger partial charge in [0.25, 0.3) is 5.91 Å². The van der Waals surface area contributed by atoms with Crippen LogP contribution in [0.4, 0.5) is 4.79 Å². The van der Waals surface area contributed by atoms with Crippen LogP contribution in [0.15, 0.2) is 4.99 Å². The number of guanidine groups is 1. The van der Waals surface area contributed by atoms with Crippen LogP contribution in [-0.2, 0) is 4.79 Å². The van der Waals surface area contributed by atoms with Crippen molar-refractivity contribution in [1.82, 2.24) is 15.1 Å². The molecule has 0 aliphatic carbocycles. The van der Waals surface area contributed by atoms with Gasteiger partial charge in [-0.15, -0.1) is 0 Å². The summed E-state index contributed by atoms with van der Waals surface area (Å²) in [5.74, 6) is 1.33. The van der Waals surface area contributed by atoms with Gasteiger partial charge in [0.2, 0.25) is 11.9 Å². The molecule has 7 nitrogen and oxygen atoms in total. The molecule has 1 saturated heterocycles. The van der Waals surface area contributed by atoms with E-state index < -0.39 is 6.04 Å². The van der Waals surface area contributed by atoms with Crippen LogP contribution < -0.4 is 5.32 Å². The van der Waals surface area contributed by atoms with Gasteiger partial charge in [0.15, 0.2) is 0 Å². The molecule has 0 aromatic rings. The Labute approximate surface area is 125 Å². The Kier molecular flexibility index (Phi) is 4.02. The van der Waals surface area contributed by atoms with Crippen LogP contribution >= 0.6 is 0 Å². The van der Waals surface area contributed by atoms with Crippen LogP contribution in [-0.4, -0.2) is 70.8 Å². The van der Waals surface area contributed by atoms with Gasteiger partial charge in [-0.1, -0.05) is 18.8 Å². The van der Waals surface area contributed by atoms with E-state index in [1.165, 1.54) is 11.9 Å². The number of hydrogen-bond donors (Lipinski definition) is 1. The van der Waals surface area contributed by atoms with Crippen molar-refractivity contribution in [3.05, 3.63) is 0 Å². The molecule has 21 heavy (non-hydrogen) atoms. The Bertz CT molecular complexity index is 535. The van der Waals surface area contributed by atoms with E-state index in [2.05, 4.69) is 24.2 Å². The molecule has 2 heterocycles. The minimum absolute atomic E-state index is 0.202. The van der Waals surface area contributed by atoms with Crippen molar-refractivity contribution in [2.24, 2.45) is 10.9 Å². The number of amides is 3. The highest BCUT2D eigenvalue weighted by atomic mass is 16.2. The summed E-state index contributed by atoms with van der Waals surface area (Å²) in [6.07, 6.45) is 0. The van der Waals surface area contributed by atoms with Crippen molar-refractivity contribution in [3.63, 3.8) is 0 Å². The predicted molar refractivity (Wildman–Crippen MR) is 80.4 cm³/mol. The van der Waals surface area contributed by atoms with Crippen LogP contribution in [0.2, 0.25) is 0 Å². The number of nitrogens with one attached hydrogen (secondary N) is 1. The predicted octanol–water partition coefficient (Wildman–Crippen LogP) is 0.313. The molecule has 7 heteroatoms. The van der Waals surface area contributed by atoms with Crippen LogP contribution in [0.3, 0.4) is 0 Å². The first-order valence-corrected chi connectivity index (χ1v) is 7.28. The second-order valence-corrected chi connectivity index (χ2v) is 6.28. The summed E-state index contributed by atoms with van der Waals surface area (Å²) >= 11 is 0. The van der Waals surface area contributed by atoms with E-state index >= 15 is 0 Å². The summed E-state index contributed by atoms with van der Waals surface area (Å²) in [5, 5.41) is 3.27. The molecule has 1 atom stereocenters. The van der Waals surface area contributed by atoms with Crippen molar-refractivity contribution in [3.8, 4) is 0 Å². The molecule has 0 aromatic heterocycles. The van der Waals surface area contributed by atoms with Gasteiger partial charge in [0, 0.05) is 14.1 Å². The highest BCUT2D eigenvalue weighted by Crippen LogP contribution is 2.19. The SMILES string of the molecule is CC(C)C[N+]1=C(NC(C)C)N=C2C1C(=O)N(C)C(=O)N2C. The molecule has 3 amide bonds. The third-order valence-corrected chi connectivity index (χ3v) is 3.51. The number of rotatable bonds is 3. The summed E-state index contributed by atoms with van der Waals surface area (Å²) in [4.78, 5) is 31.7. The zero-order valence-corrected chi connectivity index (χ0v) is 13.5. The van der Waals surface area contributed by atoms with Crippen molar-refractivity contribution in [2.75, 3.05) is 20.6 Å². The number of carbonyl (C=O) groups excluding carboxylic acids is 2. The van der Waals surface area contributed by atoms with E-state index in [1.54, 1.807) is 7.05 Å². The second-order valence-electron chi connectivity index (χ2n) is 6.28. The van der Waals surface area contributed by atoms with Gasteiger partial charge in [0.05, 0.1) is 12.6 Å². The number of imide groups is 1. The molecule has 0 saturated carbocycles. The summed E-state index contributed by atoms with van der Waals surface area (Å²) in [6.45, 7) is 8.93. The van der Waals surface area contributed by atoms with Gasteiger partial charge >= 0.3 is 12.0 Å². The highest BCUT2D eigenvalue weighted by molar-refractivity contribution is 6.22. The third kappa shape index (κ3) is 2.64. The minimum atomic E-state index is -0.513. The first-order chi connectivity index (χ1) is 9.73. The van der Waals surface area contributed by atoms with E-state index in [4.69, 9.17) is 0 Å². The molecule has 1 fully saturated rings. The van der Waals surface area contributed by atoms with E-state index in [1.807, 2.05) is 18.4 Å². The Hall–Kier alpha value is -1.92. The number of urea groups is 1. The quantitative estimate of drug-likeness (QED) is 0.762. The van der Waals surface area contributed by atoms with Crippen LogP contribution in [0, 0.1) is 5.92 Å². The van der Waals surface area contributed by atoms with Gasteiger partial charge in [-0.2, -0.15) is 0 Å². The van der Waals surface area contributed by atoms with Crippen LogP contribution in [0.25, 0.3) is 0 Å². The van der Waals surface area contributed by atoms with E-state index in [-0.39, 0.29) is 18.0 Å². The average Bonchev–Trinajstić information content (AvgIpc) is 2.71. The number of nitrogens with zero attached hydrogens (tertiary/aromatic N) is 4. The lowest BCUT2D eigenvalue weighted by Crippen LogP contribution is -2.61. The zero-order valence-electron chi connectivity index (χ0n) is 13.5. The van der Waals surface area contributed by atoms with E-state index in [0.29, 0.717) is 24.3 Å². The number of aliphatic imine (C=N–C) groups is 1. The second kappa shape index (κ2) is 5.46. The fourth-order valence-electron chi connectivity index (χ4n) is 2.56. The fraction of sp³-hybridized carbons (Fsp3) is 0.714. The molecule has 0 bridgehead atoms. The van der Waals surface area contributed by atoms with E-state index in [0.717, 1.165) is 4.90 Å². The number of fused-ring (bicyclic) bond motifs is 1. The first-order valence-electron chi connectivity index (χ1n) is 7.28. The monoisotopic (exact) mass is 294 g/mol. The Morgan fingerprint density at radius 3 is 2.33 bits per heavy atom. The maximum absolute atomic E-state index is 12.5. The minimum Gasteiger partial charge on any atom is -0.273 e. The average molecular weight is 294 g/mol. The van der Waals surface area contributed by atoms with Gasteiger partial charge in [0.1, 0.15) is 0 Å². The van der Waals surface area contributed by atoms with Crippen molar-refractivity contribution in [2.45, 2.75) is 39.8 Å². The molecule has 2 rings (SSSR count). The van der Waals surface area contributed by atoms with E-state index in [9.17, 15) is 9.59 Å². The molecule has 116 valence electrons. The summed E-state index contributed by atoms with van der Waals surface area (Å²) in [6, 6.07) is -0.653. The molecule has 1 N–H and O–H groups in total. The molecule has 0 spiro atoms. The number of amidine groups is 1. The third-order valence-electron chi connectivity index (χ3n) is 3.51. The number of carbonyl (C=O) groups is 2. The van der Waals surface area contributed by atoms with Crippen LogP contribution in [0.1, 0.15) is 27.7 Å². The van der Waals surface area contributed by atoms with Crippen molar-refractivity contribution in [1.29, 1.82) is 0 Å². The van der Waals surface area contributed by atoms with Crippen molar-refractivity contribution >= 4 is 23.7 Å². The molecular formula is C14H24N5O2+. The largest absolute Gasteiger partial charge is 0.390 e. The smallest absolute Gasteiger partial charge is 0.273 e. The molecule has 1 unspecified atom stereocenters. The normalized spacial score (nSPS) is 22.5. The van der Waals surface area contributed by atoms with Gasteiger partial charge < -0.3 is 0 Å². The van der Waals surface area contributed by atoms with Crippen LogP contribution in [0.5, 0.6) is 0 Å². The maximum Gasteiger partial charge on any atom is 0.390 e. The zero-order chi connectivity index (χ0) is 15.9. The van der Waals surface area contributed by atoms with Gasteiger partial charge in [-0.05, 0) is 19.8 Å². The van der Waals surface area contributed by atoms with Gasteiger partial charge in [-0.3, -0.25) is 19.9 Å². The summed E-state index contributed by atoms with van der Waals surface area (Å²) in [5.41, 5.74) is 0. The lowest BCUT2D eigenvalue weighted by molar-refractivity contribution is -0.543. The first kappa shape index (κ1) is 15.5. The molecule has 0 aromatic carbocycles. The van der Waals surface area contributed by atoms with Gasteiger partial charge in [-0.25, -0.2) is 9.37 Å². The molecule has 2 aliphatic rings. The fourth-order valence-corrected chi connectivity index (χ4v) is 2.56. The topological polar surface area (TPSA) is 68.0 Å². The number of likely N-dealkylation sites (N-methyl/N-ethyl adjacent to an activating group) is 2. The Balaban J connectivity index is 2.44.